The Balaban J connectivity index is 1.74. The minimum atomic E-state index is -0.604. The lowest BCUT2D eigenvalue weighted by Gasteiger charge is -2.24. The first-order valence-electron chi connectivity index (χ1n) is 7.76. The Morgan fingerprint density at radius 1 is 1.19 bits per heavy atom. The second-order valence-electron chi connectivity index (χ2n) is 5.80. The minimum Gasteiger partial charge on any atom is -0.491 e. The van der Waals surface area contributed by atoms with Crippen LogP contribution in [0.4, 0.5) is 0 Å². The van der Waals surface area contributed by atoms with Crippen molar-refractivity contribution < 1.29 is 19.3 Å². The van der Waals surface area contributed by atoms with Crippen LogP contribution in [0.25, 0.3) is 0 Å². The number of hydrogen-bond acceptors (Lipinski definition) is 4. The normalized spacial score (nSPS) is 17.9. The van der Waals surface area contributed by atoms with Crippen LogP contribution in [0.5, 0.6) is 5.75 Å². The number of aliphatic hydroxyl groups is 1. The standard InChI is InChI=1S/C17H26O4/c1-13(2)16-5-3-4-6-17(16)21-12-14(18)11-20-15-7-9-19-10-8-15/h3-6,13-15,18H,7-12H2,1-2H3. The molecule has 118 valence electrons. The fraction of sp³-hybridized carbons (Fsp3) is 0.647. The SMILES string of the molecule is CC(C)c1ccccc1OCC(O)COC1CCOCC1. The summed E-state index contributed by atoms with van der Waals surface area (Å²) in [5, 5.41) is 9.99. The van der Waals surface area contributed by atoms with E-state index in [4.69, 9.17) is 14.2 Å². The molecule has 4 heteroatoms. The summed E-state index contributed by atoms with van der Waals surface area (Å²) < 4.78 is 16.7. The first-order valence-corrected chi connectivity index (χ1v) is 7.76. The van der Waals surface area contributed by atoms with Gasteiger partial charge >= 0.3 is 0 Å². The van der Waals surface area contributed by atoms with Crippen molar-refractivity contribution in [3.05, 3.63) is 29.8 Å². The number of aliphatic hydroxyl groups excluding tert-OH is 1. The van der Waals surface area contributed by atoms with E-state index in [-0.39, 0.29) is 12.7 Å². The van der Waals surface area contributed by atoms with Crippen molar-refractivity contribution in [1.29, 1.82) is 0 Å². The van der Waals surface area contributed by atoms with E-state index < -0.39 is 6.10 Å². The van der Waals surface area contributed by atoms with Crippen molar-refractivity contribution in [3.63, 3.8) is 0 Å². The summed E-state index contributed by atoms with van der Waals surface area (Å²) in [6, 6.07) is 7.96. The molecular weight excluding hydrogens is 268 g/mol. The van der Waals surface area contributed by atoms with Crippen LogP contribution in [0.3, 0.4) is 0 Å². The molecule has 1 N–H and O–H groups in total. The molecule has 0 radical (unpaired) electrons. The van der Waals surface area contributed by atoms with Crippen LogP contribution in [-0.2, 0) is 9.47 Å². The molecule has 4 nitrogen and oxygen atoms in total. The van der Waals surface area contributed by atoms with Crippen LogP contribution in [0.15, 0.2) is 24.3 Å². The summed E-state index contributed by atoms with van der Waals surface area (Å²) in [6.45, 7) is 6.33. The average Bonchev–Trinajstić information content (AvgIpc) is 2.52. The van der Waals surface area contributed by atoms with Crippen molar-refractivity contribution >= 4 is 0 Å². The lowest BCUT2D eigenvalue weighted by molar-refractivity contribution is -0.0659. The van der Waals surface area contributed by atoms with Gasteiger partial charge in [-0.2, -0.15) is 0 Å². The molecule has 21 heavy (non-hydrogen) atoms. The maximum absolute atomic E-state index is 9.99. The molecule has 0 aliphatic carbocycles. The smallest absolute Gasteiger partial charge is 0.122 e. The van der Waals surface area contributed by atoms with Crippen molar-refractivity contribution in [2.24, 2.45) is 0 Å². The van der Waals surface area contributed by atoms with E-state index in [0.29, 0.717) is 12.5 Å². The lowest BCUT2D eigenvalue weighted by Crippen LogP contribution is -2.30. The molecule has 2 rings (SSSR count). The summed E-state index contributed by atoms with van der Waals surface area (Å²) >= 11 is 0. The fourth-order valence-electron chi connectivity index (χ4n) is 2.41. The van der Waals surface area contributed by atoms with Crippen molar-refractivity contribution in [2.75, 3.05) is 26.4 Å². The molecule has 0 amide bonds. The maximum Gasteiger partial charge on any atom is 0.122 e. The Morgan fingerprint density at radius 3 is 2.62 bits per heavy atom. The topological polar surface area (TPSA) is 47.9 Å². The zero-order chi connectivity index (χ0) is 15.1. The van der Waals surface area contributed by atoms with Crippen molar-refractivity contribution in [2.45, 2.75) is 44.8 Å². The molecule has 0 saturated carbocycles. The van der Waals surface area contributed by atoms with Gasteiger partial charge in [-0.05, 0) is 30.4 Å². The molecule has 1 aromatic rings. The van der Waals surface area contributed by atoms with E-state index >= 15 is 0 Å². The van der Waals surface area contributed by atoms with E-state index in [1.165, 1.54) is 0 Å². The zero-order valence-electron chi connectivity index (χ0n) is 13.0. The molecule has 1 fully saturated rings. The van der Waals surface area contributed by atoms with Crippen LogP contribution < -0.4 is 4.74 Å². The Bertz CT molecular complexity index is 413. The third-order valence-electron chi connectivity index (χ3n) is 3.66. The van der Waals surface area contributed by atoms with Gasteiger partial charge in [-0.1, -0.05) is 32.0 Å². The molecule has 0 bridgehead atoms. The predicted octanol–water partition coefficient (Wildman–Crippen LogP) is 2.75. The molecule has 1 aromatic carbocycles. The van der Waals surface area contributed by atoms with Crippen LogP contribution in [0.1, 0.15) is 38.2 Å². The van der Waals surface area contributed by atoms with E-state index in [9.17, 15) is 5.11 Å². The molecule has 0 aromatic heterocycles. The summed E-state index contributed by atoms with van der Waals surface area (Å²) in [6.07, 6.45) is 1.41. The van der Waals surface area contributed by atoms with Gasteiger partial charge in [0.1, 0.15) is 18.5 Å². The van der Waals surface area contributed by atoms with Crippen LogP contribution in [0, 0.1) is 0 Å². The fourth-order valence-corrected chi connectivity index (χ4v) is 2.41. The highest BCUT2D eigenvalue weighted by Gasteiger charge is 2.16. The first kappa shape index (κ1) is 16.3. The summed E-state index contributed by atoms with van der Waals surface area (Å²) in [4.78, 5) is 0. The Kier molecular flexibility index (Phi) is 6.49. The molecule has 1 aliphatic rings. The van der Waals surface area contributed by atoms with Crippen LogP contribution in [-0.4, -0.2) is 43.7 Å². The van der Waals surface area contributed by atoms with Crippen LogP contribution >= 0.6 is 0 Å². The van der Waals surface area contributed by atoms with Gasteiger partial charge in [-0.15, -0.1) is 0 Å². The van der Waals surface area contributed by atoms with Gasteiger partial charge in [0.05, 0.1) is 12.7 Å². The Morgan fingerprint density at radius 2 is 1.90 bits per heavy atom. The van der Waals surface area contributed by atoms with Crippen LogP contribution in [0.2, 0.25) is 0 Å². The number of rotatable bonds is 7. The molecule has 1 atom stereocenters. The number of ether oxygens (including phenoxy) is 3. The van der Waals surface area contributed by atoms with E-state index in [1.807, 2.05) is 18.2 Å². The quantitative estimate of drug-likeness (QED) is 0.840. The Labute approximate surface area is 127 Å². The maximum atomic E-state index is 9.99. The van der Waals surface area contributed by atoms with Gasteiger partial charge in [0.25, 0.3) is 0 Å². The minimum absolute atomic E-state index is 0.205. The summed E-state index contributed by atoms with van der Waals surface area (Å²) in [7, 11) is 0. The second kappa shape index (κ2) is 8.37. The van der Waals surface area contributed by atoms with E-state index in [2.05, 4.69) is 19.9 Å². The molecule has 1 heterocycles. The second-order valence-corrected chi connectivity index (χ2v) is 5.80. The molecule has 0 spiro atoms. The highest BCUT2D eigenvalue weighted by Crippen LogP contribution is 2.25. The van der Waals surface area contributed by atoms with Gasteiger partial charge < -0.3 is 19.3 Å². The molecule has 1 saturated heterocycles. The average molecular weight is 294 g/mol. The monoisotopic (exact) mass is 294 g/mol. The molecular formula is C17H26O4. The van der Waals surface area contributed by atoms with Gasteiger partial charge in [-0.3, -0.25) is 0 Å². The van der Waals surface area contributed by atoms with Gasteiger partial charge in [0.2, 0.25) is 0 Å². The third-order valence-corrected chi connectivity index (χ3v) is 3.66. The largest absolute Gasteiger partial charge is 0.491 e. The van der Waals surface area contributed by atoms with E-state index in [1.54, 1.807) is 0 Å². The van der Waals surface area contributed by atoms with Crippen molar-refractivity contribution in [3.8, 4) is 5.75 Å². The highest BCUT2D eigenvalue weighted by atomic mass is 16.5. The zero-order valence-corrected chi connectivity index (χ0v) is 13.0. The summed E-state index contributed by atoms with van der Waals surface area (Å²) in [5.41, 5.74) is 1.16. The predicted molar refractivity (Wildman–Crippen MR) is 81.8 cm³/mol. The Hall–Kier alpha value is -1.10. The number of hydrogen-bond donors (Lipinski definition) is 1. The first-order chi connectivity index (χ1) is 10.2. The highest BCUT2D eigenvalue weighted by molar-refractivity contribution is 5.35. The van der Waals surface area contributed by atoms with Gasteiger partial charge in [-0.25, -0.2) is 0 Å². The third kappa shape index (κ3) is 5.30. The molecule has 1 unspecified atom stereocenters. The van der Waals surface area contributed by atoms with E-state index in [0.717, 1.165) is 37.4 Å². The van der Waals surface area contributed by atoms with Gasteiger partial charge in [0, 0.05) is 13.2 Å². The molecule has 1 aliphatic heterocycles. The van der Waals surface area contributed by atoms with Gasteiger partial charge in [0.15, 0.2) is 0 Å². The lowest BCUT2D eigenvalue weighted by atomic mass is 10.0. The summed E-state index contributed by atoms with van der Waals surface area (Å²) in [5.74, 6) is 1.24. The number of para-hydroxylation sites is 1. The van der Waals surface area contributed by atoms with Crippen molar-refractivity contribution in [1.82, 2.24) is 0 Å². The number of benzene rings is 1.